The molecule has 0 spiro atoms. The molecular formula is C24H24FN5O2. The van der Waals surface area contributed by atoms with Gasteiger partial charge >= 0.3 is 0 Å². The Balaban J connectivity index is 1.46. The number of aliphatic hydroxyl groups is 1. The van der Waals surface area contributed by atoms with Gasteiger partial charge in [0.25, 0.3) is 0 Å². The van der Waals surface area contributed by atoms with Crippen molar-refractivity contribution in [2.75, 3.05) is 16.8 Å². The number of carbonyl (C=O) groups excluding carboxylic acids is 1. The summed E-state index contributed by atoms with van der Waals surface area (Å²) in [5.74, 6) is 0.937. The minimum atomic E-state index is -0.906. The van der Waals surface area contributed by atoms with Gasteiger partial charge in [0, 0.05) is 18.4 Å². The molecule has 164 valence electrons. The highest BCUT2D eigenvalue weighted by atomic mass is 19.1. The Morgan fingerprint density at radius 3 is 2.66 bits per heavy atom. The number of rotatable bonds is 4. The minimum absolute atomic E-state index is 0.235. The van der Waals surface area contributed by atoms with Crippen molar-refractivity contribution < 1.29 is 14.3 Å². The Labute approximate surface area is 185 Å². The van der Waals surface area contributed by atoms with Crippen LogP contribution in [0.1, 0.15) is 36.5 Å². The van der Waals surface area contributed by atoms with Crippen LogP contribution in [0.25, 0.3) is 0 Å². The van der Waals surface area contributed by atoms with Crippen LogP contribution in [0, 0.1) is 12.7 Å². The maximum absolute atomic E-state index is 13.3. The standard InChI is InChI=1S/C24H24FN5O2/c1-15-26-11-10-22(27-15)30-12-2-3-19-20(30)8-9-21(29-19)24(13-18(31)14-24)23(32)28-17-6-4-16(25)5-7-17/h4-11,18,31H,2-3,12-14H2,1H3,(H,28,32). The number of benzene rings is 1. The molecular weight excluding hydrogens is 409 g/mol. The van der Waals surface area contributed by atoms with Gasteiger partial charge in [-0.3, -0.25) is 9.78 Å². The van der Waals surface area contributed by atoms with Gasteiger partial charge in [0.2, 0.25) is 5.91 Å². The summed E-state index contributed by atoms with van der Waals surface area (Å²) in [5.41, 5.74) is 2.16. The number of amides is 1. The fourth-order valence-corrected chi connectivity index (χ4v) is 4.59. The summed E-state index contributed by atoms with van der Waals surface area (Å²) >= 11 is 0. The van der Waals surface area contributed by atoms with Crippen LogP contribution in [0.15, 0.2) is 48.7 Å². The molecule has 7 nitrogen and oxygen atoms in total. The van der Waals surface area contributed by atoms with Crippen molar-refractivity contribution in [3.63, 3.8) is 0 Å². The van der Waals surface area contributed by atoms with Gasteiger partial charge in [0.05, 0.1) is 28.6 Å². The van der Waals surface area contributed by atoms with Crippen LogP contribution < -0.4 is 10.2 Å². The number of hydrogen-bond donors (Lipinski definition) is 2. The lowest BCUT2D eigenvalue weighted by atomic mass is 9.63. The van der Waals surface area contributed by atoms with Gasteiger partial charge in [-0.2, -0.15) is 0 Å². The monoisotopic (exact) mass is 433 g/mol. The molecule has 2 aliphatic rings. The number of hydrogen-bond acceptors (Lipinski definition) is 6. The summed E-state index contributed by atoms with van der Waals surface area (Å²) in [5, 5.41) is 12.9. The largest absolute Gasteiger partial charge is 0.393 e. The maximum atomic E-state index is 13.3. The Morgan fingerprint density at radius 1 is 1.16 bits per heavy atom. The molecule has 5 rings (SSSR count). The zero-order chi connectivity index (χ0) is 22.3. The molecule has 1 fully saturated rings. The molecule has 1 aliphatic carbocycles. The Morgan fingerprint density at radius 2 is 1.94 bits per heavy atom. The van der Waals surface area contributed by atoms with Crippen LogP contribution in [0.4, 0.5) is 21.6 Å². The summed E-state index contributed by atoms with van der Waals surface area (Å²) in [4.78, 5) is 29.0. The molecule has 1 amide bonds. The maximum Gasteiger partial charge on any atom is 0.236 e. The van der Waals surface area contributed by atoms with E-state index in [0.717, 1.165) is 36.6 Å². The molecule has 2 aromatic heterocycles. The number of aromatic nitrogens is 3. The molecule has 0 saturated heterocycles. The van der Waals surface area contributed by atoms with Crippen LogP contribution >= 0.6 is 0 Å². The van der Waals surface area contributed by atoms with Gasteiger partial charge in [0.15, 0.2) is 0 Å². The van der Waals surface area contributed by atoms with E-state index in [-0.39, 0.29) is 11.7 Å². The van der Waals surface area contributed by atoms with Gasteiger partial charge < -0.3 is 15.3 Å². The highest BCUT2D eigenvalue weighted by molar-refractivity contribution is 6.00. The smallest absolute Gasteiger partial charge is 0.236 e. The predicted molar refractivity (Wildman–Crippen MR) is 118 cm³/mol. The third-order valence-corrected chi connectivity index (χ3v) is 6.27. The van der Waals surface area contributed by atoms with E-state index in [1.807, 2.05) is 25.1 Å². The predicted octanol–water partition coefficient (Wildman–Crippen LogP) is 3.43. The summed E-state index contributed by atoms with van der Waals surface area (Å²) in [6.07, 6.45) is 3.54. The van der Waals surface area contributed by atoms with Crippen molar-refractivity contribution in [2.24, 2.45) is 0 Å². The fraction of sp³-hybridized carbons (Fsp3) is 0.333. The first-order chi connectivity index (χ1) is 15.4. The number of aryl methyl sites for hydroxylation is 2. The molecule has 3 heterocycles. The van der Waals surface area contributed by atoms with Crippen molar-refractivity contribution in [3.8, 4) is 0 Å². The lowest BCUT2D eigenvalue weighted by Crippen LogP contribution is -2.53. The molecule has 0 radical (unpaired) electrons. The minimum Gasteiger partial charge on any atom is -0.393 e. The van der Waals surface area contributed by atoms with Gasteiger partial charge in [-0.1, -0.05) is 0 Å². The molecule has 2 N–H and O–H groups in total. The Hall–Kier alpha value is -3.39. The van der Waals surface area contributed by atoms with E-state index in [9.17, 15) is 14.3 Å². The third kappa shape index (κ3) is 3.60. The number of carbonyl (C=O) groups is 1. The average molecular weight is 433 g/mol. The van der Waals surface area contributed by atoms with Crippen LogP contribution in [0.3, 0.4) is 0 Å². The highest BCUT2D eigenvalue weighted by Gasteiger charge is 2.52. The molecule has 1 aromatic carbocycles. The first-order valence-corrected chi connectivity index (χ1v) is 10.8. The topological polar surface area (TPSA) is 91.2 Å². The van der Waals surface area contributed by atoms with Crippen LogP contribution in [0.5, 0.6) is 0 Å². The van der Waals surface area contributed by atoms with Gasteiger partial charge in [-0.15, -0.1) is 0 Å². The van der Waals surface area contributed by atoms with Crippen molar-refractivity contribution in [1.29, 1.82) is 0 Å². The summed E-state index contributed by atoms with van der Waals surface area (Å²) in [7, 11) is 0. The van der Waals surface area contributed by atoms with E-state index in [2.05, 4.69) is 20.2 Å². The fourth-order valence-electron chi connectivity index (χ4n) is 4.59. The Kier molecular flexibility index (Phi) is 5.09. The van der Waals surface area contributed by atoms with E-state index in [1.165, 1.54) is 24.3 Å². The van der Waals surface area contributed by atoms with E-state index in [1.54, 1.807) is 6.20 Å². The second-order valence-electron chi connectivity index (χ2n) is 8.48. The molecule has 3 aromatic rings. The van der Waals surface area contributed by atoms with Crippen LogP contribution in [-0.2, 0) is 16.6 Å². The second kappa shape index (κ2) is 7.94. The summed E-state index contributed by atoms with van der Waals surface area (Å²) < 4.78 is 13.2. The molecule has 8 heteroatoms. The van der Waals surface area contributed by atoms with Crippen molar-refractivity contribution in [1.82, 2.24) is 15.0 Å². The molecule has 32 heavy (non-hydrogen) atoms. The molecule has 1 aliphatic heterocycles. The summed E-state index contributed by atoms with van der Waals surface area (Å²) in [6, 6.07) is 11.4. The highest BCUT2D eigenvalue weighted by Crippen LogP contribution is 2.45. The molecule has 0 bridgehead atoms. The SMILES string of the molecule is Cc1nccc(N2CCCc3nc(C4(C(=O)Nc5ccc(F)cc5)CC(O)C4)ccc32)n1. The number of nitrogens with one attached hydrogen (secondary N) is 1. The van der Waals surface area contributed by atoms with Gasteiger partial charge in [0.1, 0.15) is 17.5 Å². The summed E-state index contributed by atoms with van der Waals surface area (Å²) in [6.45, 7) is 2.69. The molecule has 0 atom stereocenters. The number of fused-ring (bicyclic) bond motifs is 1. The van der Waals surface area contributed by atoms with E-state index in [0.29, 0.717) is 30.0 Å². The second-order valence-corrected chi connectivity index (χ2v) is 8.48. The number of halogens is 1. The molecule has 0 unspecified atom stereocenters. The number of pyridine rings is 1. The van der Waals surface area contributed by atoms with Crippen molar-refractivity contribution >= 4 is 23.1 Å². The average Bonchev–Trinajstić information content (AvgIpc) is 2.77. The Bertz CT molecular complexity index is 1160. The quantitative estimate of drug-likeness (QED) is 0.655. The van der Waals surface area contributed by atoms with Crippen molar-refractivity contribution in [3.05, 3.63) is 71.7 Å². The van der Waals surface area contributed by atoms with E-state index < -0.39 is 11.5 Å². The zero-order valence-electron chi connectivity index (χ0n) is 17.8. The van der Waals surface area contributed by atoms with Crippen LogP contribution in [-0.4, -0.2) is 38.6 Å². The number of aliphatic hydroxyl groups excluding tert-OH is 1. The zero-order valence-corrected chi connectivity index (χ0v) is 17.8. The number of anilines is 3. The van der Waals surface area contributed by atoms with Crippen LogP contribution in [0.2, 0.25) is 0 Å². The van der Waals surface area contributed by atoms with Crippen molar-refractivity contribution in [2.45, 2.75) is 44.1 Å². The number of nitrogens with zero attached hydrogens (tertiary/aromatic N) is 4. The first kappa shape index (κ1) is 20.5. The first-order valence-electron chi connectivity index (χ1n) is 10.8. The van der Waals surface area contributed by atoms with Gasteiger partial charge in [-0.05, 0) is 75.1 Å². The normalized spacial score (nSPS) is 22.1. The lowest BCUT2D eigenvalue weighted by molar-refractivity contribution is -0.129. The lowest BCUT2D eigenvalue weighted by Gasteiger charge is -2.44. The molecule has 1 saturated carbocycles. The van der Waals surface area contributed by atoms with E-state index in [4.69, 9.17) is 4.98 Å². The van der Waals surface area contributed by atoms with E-state index >= 15 is 0 Å². The van der Waals surface area contributed by atoms with Gasteiger partial charge in [-0.25, -0.2) is 14.4 Å². The third-order valence-electron chi connectivity index (χ3n) is 6.27.